The number of aromatic nitrogens is 1. The van der Waals surface area contributed by atoms with Crippen molar-refractivity contribution in [1.82, 2.24) is 9.88 Å². The smallest absolute Gasteiger partial charge is 0.129 e. The van der Waals surface area contributed by atoms with E-state index in [0.29, 0.717) is 6.61 Å². The van der Waals surface area contributed by atoms with Crippen molar-refractivity contribution in [2.24, 2.45) is 0 Å². The molecule has 0 atom stereocenters. The average Bonchev–Trinajstić information content (AvgIpc) is 2.65. The van der Waals surface area contributed by atoms with Gasteiger partial charge in [-0.15, -0.1) is 0 Å². The number of hydrogen-bond acceptors (Lipinski definition) is 5. The van der Waals surface area contributed by atoms with Crippen LogP contribution in [-0.4, -0.2) is 63.3 Å². The van der Waals surface area contributed by atoms with Gasteiger partial charge in [-0.25, -0.2) is 4.98 Å². The number of likely N-dealkylation sites (N-methyl/N-ethyl adjacent to an activating group) is 1. The summed E-state index contributed by atoms with van der Waals surface area (Å²) in [6, 6.07) is 12.9. The highest BCUT2D eigenvalue weighted by Crippen LogP contribution is 2.24. The lowest BCUT2D eigenvalue weighted by molar-refractivity contribution is 0.105. The van der Waals surface area contributed by atoms with Gasteiger partial charge in [0.1, 0.15) is 5.82 Å². The molecule has 2 heterocycles. The van der Waals surface area contributed by atoms with E-state index in [9.17, 15) is 0 Å². The summed E-state index contributed by atoms with van der Waals surface area (Å²) >= 11 is 0. The van der Waals surface area contributed by atoms with Gasteiger partial charge in [-0.1, -0.05) is 18.2 Å². The van der Waals surface area contributed by atoms with Gasteiger partial charge >= 0.3 is 0 Å². The Morgan fingerprint density at radius 2 is 1.70 bits per heavy atom. The Morgan fingerprint density at radius 3 is 2.41 bits per heavy atom. The van der Waals surface area contributed by atoms with E-state index in [2.05, 4.69) is 79.0 Å². The molecule has 0 aliphatic carbocycles. The minimum atomic E-state index is 0.670. The number of piperazine rings is 1. The molecule has 2 aromatic rings. The van der Waals surface area contributed by atoms with Crippen LogP contribution in [0.1, 0.15) is 16.8 Å². The summed E-state index contributed by atoms with van der Waals surface area (Å²) in [7, 11) is 4.14. The topological polar surface area (TPSA) is 31.8 Å². The number of nitrogens with zero attached hydrogens (tertiary/aromatic N) is 4. The van der Waals surface area contributed by atoms with Crippen LogP contribution >= 0.6 is 0 Å². The first-order valence-corrected chi connectivity index (χ1v) is 9.78. The summed E-state index contributed by atoms with van der Waals surface area (Å²) in [4.78, 5) is 11.7. The van der Waals surface area contributed by atoms with Crippen LogP contribution in [0, 0.1) is 13.8 Å². The first kappa shape index (κ1) is 19.6. The number of pyridine rings is 1. The standard InChI is InChI=1S/C22H32N4O/c1-18-15-19(2)23-22(16-18)26-11-9-25(10-12-26)21-8-6-5-7-20(21)17-27-14-13-24(3)4/h5-8,15-16H,9-14,17H2,1-4H3. The van der Waals surface area contributed by atoms with E-state index in [1.165, 1.54) is 16.8 Å². The Morgan fingerprint density at radius 1 is 1.00 bits per heavy atom. The zero-order valence-electron chi connectivity index (χ0n) is 17.1. The van der Waals surface area contributed by atoms with E-state index in [1.807, 2.05) is 0 Å². The lowest BCUT2D eigenvalue weighted by atomic mass is 10.1. The molecule has 0 saturated carbocycles. The summed E-state index contributed by atoms with van der Waals surface area (Å²) in [5, 5.41) is 0. The largest absolute Gasteiger partial charge is 0.375 e. The van der Waals surface area contributed by atoms with Gasteiger partial charge in [-0.3, -0.25) is 0 Å². The van der Waals surface area contributed by atoms with Gasteiger partial charge in [0.15, 0.2) is 0 Å². The van der Waals surface area contributed by atoms with Gasteiger partial charge in [-0.2, -0.15) is 0 Å². The number of ether oxygens (including phenoxy) is 1. The summed E-state index contributed by atoms with van der Waals surface area (Å²) in [6.45, 7) is 10.6. The molecule has 0 spiro atoms. The lowest BCUT2D eigenvalue weighted by Gasteiger charge is -2.37. The van der Waals surface area contributed by atoms with Gasteiger partial charge in [-0.05, 0) is 51.7 Å². The number of hydrogen-bond donors (Lipinski definition) is 0. The highest BCUT2D eigenvalue weighted by Gasteiger charge is 2.20. The van der Waals surface area contributed by atoms with Gasteiger partial charge in [0.2, 0.25) is 0 Å². The van der Waals surface area contributed by atoms with Gasteiger partial charge in [0.25, 0.3) is 0 Å². The molecule has 1 fully saturated rings. The number of benzene rings is 1. The third-order valence-electron chi connectivity index (χ3n) is 4.96. The zero-order valence-corrected chi connectivity index (χ0v) is 17.1. The number of rotatable bonds is 7. The zero-order chi connectivity index (χ0) is 19.2. The fraction of sp³-hybridized carbons (Fsp3) is 0.500. The Balaban J connectivity index is 1.60. The van der Waals surface area contributed by atoms with Crippen molar-refractivity contribution < 1.29 is 4.74 Å². The van der Waals surface area contributed by atoms with Crippen molar-refractivity contribution in [3.63, 3.8) is 0 Å². The molecule has 146 valence electrons. The first-order chi connectivity index (χ1) is 13.0. The molecule has 3 rings (SSSR count). The monoisotopic (exact) mass is 368 g/mol. The molecule has 0 unspecified atom stereocenters. The van der Waals surface area contributed by atoms with E-state index in [0.717, 1.165) is 50.8 Å². The molecule has 0 bridgehead atoms. The maximum atomic E-state index is 5.89. The van der Waals surface area contributed by atoms with E-state index in [1.54, 1.807) is 0 Å². The van der Waals surface area contributed by atoms with Crippen molar-refractivity contribution >= 4 is 11.5 Å². The number of aryl methyl sites for hydroxylation is 2. The molecule has 1 aromatic carbocycles. The van der Waals surface area contributed by atoms with Crippen molar-refractivity contribution in [1.29, 1.82) is 0 Å². The Labute approximate surface area is 163 Å². The molecule has 1 saturated heterocycles. The van der Waals surface area contributed by atoms with Crippen LogP contribution in [0.25, 0.3) is 0 Å². The summed E-state index contributed by atoms with van der Waals surface area (Å²) in [5.41, 5.74) is 4.94. The minimum absolute atomic E-state index is 0.670. The third-order valence-corrected chi connectivity index (χ3v) is 4.96. The Kier molecular flexibility index (Phi) is 6.69. The SMILES string of the molecule is Cc1cc(C)nc(N2CCN(c3ccccc3COCCN(C)C)CC2)c1. The third kappa shape index (κ3) is 5.44. The molecule has 27 heavy (non-hydrogen) atoms. The van der Waals surface area contributed by atoms with Crippen LogP contribution in [-0.2, 0) is 11.3 Å². The predicted octanol–water partition coefficient (Wildman–Crippen LogP) is 3.10. The van der Waals surface area contributed by atoms with Gasteiger partial charge < -0.3 is 19.4 Å². The van der Waals surface area contributed by atoms with Crippen LogP contribution in [0.15, 0.2) is 36.4 Å². The molecule has 0 radical (unpaired) electrons. The lowest BCUT2D eigenvalue weighted by Crippen LogP contribution is -2.47. The predicted molar refractivity (Wildman–Crippen MR) is 113 cm³/mol. The maximum Gasteiger partial charge on any atom is 0.129 e. The summed E-state index contributed by atoms with van der Waals surface area (Å²) < 4.78 is 5.89. The van der Waals surface area contributed by atoms with E-state index in [-0.39, 0.29) is 0 Å². The fourth-order valence-electron chi connectivity index (χ4n) is 3.53. The minimum Gasteiger partial charge on any atom is -0.375 e. The molecular formula is C22H32N4O. The average molecular weight is 369 g/mol. The fourth-order valence-corrected chi connectivity index (χ4v) is 3.53. The second-order valence-electron chi connectivity index (χ2n) is 7.60. The van der Waals surface area contributed by atoms with Crippen LogP contribution < -0.4 is 9.80 Å². The van der Waals surface area contributed by atoms with Crippen molar-refractivity contribution in [2.45, 2.75) is 20.5 Å². The molecule has 5 heteroatoms. The second-order valence-corrected chi connectivity index (χ2v) is 7.60. The summed E-state index contributed by atoms with van der Waals surface area (Å²) in [5.74, 6) is 1.10. The van der Waals surface area contributed by atoms with E-state index >= 15 is 0 Å². The van der Waals surface area contributed by atoms with Crippen LogP contribution in [0.3, 0.4) is 0 Å². The number of para-hydroxylation sites is 1. The second kappa shape index (κ2) is 9.20. The van der Waals surface area contributed by atoms with Crippen LogP contribution in [0.4, 0.5) is 11.5 Å². The normalized spacial score (nSPS) is 14.9. The van der Waals surface area contributed by atoms with Crippen LogP contribution in [0.5, 0.6) is 0 Å². The number of anilines is 2. The van der Waals surface area contributed by atoms with Crippen molar-refractivity contribution in [3.8, 4) is 0 Å². The van der Waals surface area contributed by atoms with Gasteiger partial charge in [0, 0.05) is 49.7 Å². The van der Waals surface area contributed by atoms with Crippen LogP contribution in [0.2, 0.25) is 0 Å². The molecule has 0 N–H and O–H groups in total. The molecular weight excluding hydrogens is 336 g/mol. The van der Waals surface area contributed by atoms with Crippen molar-refractivity contribution in [2.75, 3.05) is 63.2 Å². The van der Waals surface area contributed by atoms with Gasteiger partial charge in [0.05, 0.1) is 13.2 Å². The molecule has 1 aliphatic rings. The van der Waals surface area contributed by atoms with E-state index in [4.69, 9.17) is 9.72 Å². The highest BCUT2D eigenvalue weighted by molar-refractivity contribution is 5.55. The Hall–Kier alpha value is -2.11. The molecule has 1 aromatic heterocycles. The van der Waals surface area contributed by atoms with E-state index < -0.39 is 0 Å². The first-order valence-electron chi connectivity index (χ1n) is 9.78. The summed E-state index contributed by atoms with van der Waals surface area (Å²) in [6.07, 6.45) is 0. The van der Waals surface area contributed by atoms with Crippen molar-refractivity contribution in [3.05, 3.63) is 53.2 Å². The molecule has 0 amide bonds. The molecule has 5 nitrogen and oxygen atoms in total. The maximum absolute atomic E-state index is 5.89. The Bertz CT molecular complexity index is 719. The highest BCUT2D eigenvalue weighted by atomic mass is 16.5. The molecule has 1 aliphatic heterocycles. The quantitative estimate of drug-likeness (QED) is 0.701.